The summed E-state index contributed by atoms with van der Waals surface area (Å²) >= 11 is 0. The summed E-state index contributed by atoms with van der Waals surface area (Å²) in [7, 11) is 0. The van der Waals surface area contributed by atoms with Gasteiger partial charge in [0, 0.05) is 15.8 Å². The number of nitrogens with one attached hydrogen (secondary N) is 1. The highest BCUT2D eigenvalue weighted by Gasteiger charge is 2.32. The third-order valence-electron chi connectivity index (χ3n) is 2.13. The number of aromatic nitrogens is 6. The number of rotatable bonds is 0. The van der Waals surface area contributed by atoms with Crippen molar-refractivity contribution < 1.29 is 13.6 Å². The Kier molecular flexibility index (Phi) is 1.13. The van der Waals surface area contributed by atoms with Crippen molar-refractivity contribution in [1.82, 2.24) is 31.1 Å². The summed E-state index contributed by atoms with van der Waals surface area (Å²) in [5, 5.41) is 24.3. The molecule has 0 amide bonds. The summed E-state index contributed by atoms with van der Waals surface area (Å²) in [5.74, 6) is 1.22. The molecule has 16 heavy (non-hydrogen) atoms. The minimum Gasteiger partial charge on any atom is -0.334 e. The van der Waals surface area contributed by atoms with E-state index in [9.17, 15) is 0 Å². The van der Waals surface area contributed by atoms with Crippen LogP contribution in [0.2, 0.25) is 0 Å². The second-order valence-corrected chi connectivity index (χ2v) is 2.98. The van der Waals surface area contributed by atoms with Gasteiger partial charge in [-0.05, 0) is 0 Å². The van der Waals surface area contributed by atoms with Crippen molar-refractivity contribution in [2.24, 2.45) is 0 Å². The lowest BCUT2D eigenvalue weighted by atomic mass is 10.2. The van der Waals surface area contributed by atoms with Crippen molar-refractivity contribution in [3.05, 3.63) is 0 Å². The summed E-state index contributed by atoms with van der Waals surface area (Å²) in [5.41, 5.74) is 0.704. The molecular formula is C6HN7O3. The van der Waals surface area contributed by atoms with Crippen molar-refractivity contribution in [3.8, 4) is 22.9 Å². The monoisotopic (exact) mass is 219 g/mol. The highest BCUT2D eigenvalue weighted by Crippen LogP contribution is 2.40. The molecule has 0 saturated heterocycles. The molecule has 0 unspecified atom stereocenters. The van der Waals surface area contributed by atoms with E-state index in [1.807, 2.05) is 0 Å². The second kappa shape index (κ2) is 2.42. The van der Waals surface area contributed by atoms with Crippen LogP contribution in [0.15, 0.2) is 13.6 Å². The van der Waals surface area contributed by atoms with Gasteiger partial charge in [0.2, 0.25) is 17.3 Å². The third kappa shape index (κ3) is 0.762. The molecule has 10 heteroatoms. The van der Waals surface area contributed by atoms with Gasteiger partial charge in [0.15, 0.2) is 11.4 Å². The van der Waals surface area contributed by atoms with Crippen LogP contribution in [0.4, 0.5) is 11.7 Å². The van der Waals surface area contributed by atoms with Gasteiger partial charge in [-0.2, -0.15) is 0 Å². The predicted octanol–water partition coefficient (Wildman–Crippen LogP) is 0.227. The number of anilines is 2. The van der Waals surface area contributed by atoms with Crippen LogP contribution in [0.25, 0.3) is 22.9 Å². The quantitative estimate of drug-likeness (QED) is 0.438. The maximum absolute atomic E-state index is 4.97. The van der Waals surface area contributed by atoms with Crippen LogP contribution in [0.5, 0.6) is 0 Å². The molecule has 1 aliphatic heterocycles. The molecule has 1 aliphatic rings. The fourth-order valence-electron chi connectivity index (χ4n) is 1.45. The lowest BCUT2D eigenvalue weighted by Crippen LogP contribution is -1.90. The first-order valence-electron chi connectivity index (χ1n) is 4.18. The summed E-state index contributed by atoms with van der Waals surface area (Å²) in [6.45, 7) is 0. The normalized spacial score (nSPS) is 12.2. The minimum atomic E-state index is 0.272. The van der Waals surface area contributed by atoms with E-state index in [1.165, 1.54) is 0 Å². The molecule has 0 bridgehead atoms. The third-order valence-corrected chi connectivity index (χ3v) is 2.13. The second-order valence-electron chi connectivity index (χ2n) is 2.98. The summed E-state index contributed by atoms with van der Waals surface area (Å²) in [6, 6.07) is 0. The predicted molar refractivity (Wildman–Crippen MR) is 44.2 cm³/mol. The average molecular weight is 219 g/mol. The minimum absolute atomic E-state index is 0.272. The largest absolute Gasteiger partial charge is 0.334 e. The standard InChI is InChI=1S/C6HN7O3/c7-5-4(15-13-10-5)1-3(14-11-8-1)2-6(7)16-12-9-2/h7H. The first-order valence-corrected chi connectivity index (χ1v) is 4.18. The van der Waals surface area contributed by atoms with Crippen LogP contribution in [0.1, 0.15) is 0 Å². The van der Waals surface area contributed by atoms with Gasteiger partial charge in [-0.3, -0.25) is 0 Å². The van der Waals surface area contributed by atoms with Crippen LogP contribution in [0, 0.1) is 0 Å². The molecule has 0 saturated carbocycles. The topological polar surface area (TPSA) is 129 Å². The van der Waals surface area contributed by atoms with E-state index >= 15 is 0 Å². The van der Waals surface area contributed by atoms with E-state index in [-0.39, 0.29) is 5.88 Å². The van der Waals surface area contributed by atoms with Gasteiger partial charge < -0.3 is 18.9 Å². The van der Waals surface area contributed by atoms with Gasteiger partial charge in [-0.25, -0.2) is 0 Å². The maximum Gasteiger partial charge on any atom is 0.262 e. The molecule has 4 heterocycles. The van der Waals surface area contributed by atoms with Crippen LogP contribution in [0.3, 0.4) is 0 Å². The van der Waals surface area contributed by atoms with Gasteiger partial charge in [-0.15, -0.1) is 10.2 Å². The first-order chi connectivity index (χ1) is 7.93. The smallest absolute Gasteiger partial charge is 0.262 e. The van der Waals surface area contributed by atoms with Crippen molar-refractivity contribution in [3.63, 3.8) is 0 Å². The number of hydrogen-bond acceptors (Lipinski definition) is 10. The molecule has 0 spiro atoms. The highest BCUT2D eigenvalue weighted by molar-refractivity contribution is 5.86. The number of hydrogen-bond donors (Lipinski definition) is 1. The molecule has 10 nitrogen and oxygen atoms in total. The Morgan fingerprint density at radius 2 is 1.50 bits per heavy atom. The fourth-order valence-corrected chi connectivity index (χ4v) is 1.45. The highest BCUT2D eigenvalue weighted by atomic mass is 16.5. The Labute approximate surface area is 85.5 Å². The van der Waals surface area contributed by atoms with Gasteiger partial charge in [0.1, 0.15) is 0 Å². The summed E-state index contributed by atoms with van der Waals surface area (Å²) in [6.07, 6.45) is 0. The van der Waals surface area contributed by atoms with Crippen LogP contribution < -0.4 is 5.32 Å². The molecule has 0 fully saturated rings. The van der Waals surface area contributed by atoms with E-state index in [0.29, 0.717) is 28.7 Å². The Balaban J connectivity index is 2.14. The molecule has 0 aromatic carbocycles. The summed E-state index contributed by atoms with van der Waals surface area (Å²) < 4.78 is 14.8. The molecule has 3 aromatic rings. The SMILES string of the molecule is n1nc2c(o1)Nc1nnoc1-c1nnoc1-2. The van der Waals surface area contributed by atoms with Crippen molar-refractivity contribution in [2.75, 3.05) is 5.32 Å². The zero-order valence-corrected chi connectivity index (χ0v) is 7.41. The van der Waals surface area contributed by atoms with E-state index in [0.717, 1.165) is 0 Å². The summed E-state index contributed by atoms with van der Waals surface area (Å²) in [4.78, 5) is 0. The number of nitrogens with zero attached hydrogens (tertiary/aromatic N) is 6. The molecule has 4 rings (SSSR count). The molecule has 0 aliphatic carbocycles. The molecule has 3 aromatic heterocycles. The molecular weight excluding hydrogens is 218 g/mol. The van der Waals surface area contributed by atoms with Crippen molar-refractivity contribution >= 4 is 11.7 Å². The zero-order chi connectivity index (χ0) is 10.5. The Hall–Kier alpha value is -2.78. The van der Waals surface area contributed by atoms with Gasteiger partial charge in [0.25, 0.3) is 5.88 Å². The Bertz CT molecular complexity index is 612. The van der Waals surface area contributed by atoms with Gasteiger partial charge in [0.05, 0.1) is 0 Å². The number of fused-ring (bicyclic) bond motifs is 5. The van der Waals surface area contributed by atoms with Crippen LogP contribution in [-0.4, -0.2) is 31.1 Å². The average Bonchev–Trinajstić information content (AvgIpc) is 2.97. The molecule has 1 N–H and O–H groups in total. The van der Waals surface area contributed by atoms with E-state index < -0.39 is 0 Å². The van der Waals surface area contributed by atoms with Crippen LogP contribution >= 0.6 is 0 Å². The Morgan fingerprint density at radius 3 is 2.50 bits per heavy atom. The first kappa shape index (κ1) is 7.50. The maximum atomic E-state index is 4.97. The Morgan fingerprint density at radius 1 is 0.750 bits per heavy atom. The van der Waals surface area contributed by atoms with Gasteiger partial charge >= 0.3 is 0 Å². The lowest BCUT2D eigenvalue weighted by Gasteiger charge is -1.92. The van der Waals surface area contributed by atoms with E-state index in [4.69, 9.17) is 13.6 Å². The zero-order valence-electron chi connectivity index (χ0n) is 7.41. The molecule has 78 valence electrons. The lowest BCUT2D eigenvalue weighted by molar-refractivity contribution is 0.402. The van der Waals surface area contributed by atoms with Crippen LogP contribution in [-0.2, 0) is 0 Å². The molecule has 0 radical (unpaired) electrons. The van der Waals surface area contributed by atoms with Gasteiger partial charge in [-0.1, -0.05) is 5.10 Å². The van der Waals surface area contributed by atoms with Crippen molar-refractivity contribution in [1.29, 1.82) is 0 Å². The fraction of sp³-hybridized carbons (Fsp3) is 0. The van der Waals surface area contributed by atoms with Crippen molar-refractivity contribution in [2.45, 2.75) is 0 Å². The molecule has 0 atom stereocenters. The van der Waals surface area contributed by atoms with E-state index in [1.54, 1.807) is 0 Å². The van der Waals surface area contributed by atoms with E-state index in [2.05, 4.69) is 36.4 Å².